The maximum Gasteiger partial charge on any atom is 0.243 e. The van der Waals surface area contributed by atoms with Crippen LogP contribution in [0, 0.1) is 5.92 Å². The van der Waals surface area contributed by atoms with Crippen LogP contribution in [0.3, 0.4) is 0 Å². The van der Waals surface area contributed by atoms with E-state index in [9.17, 15) is 0 Å². The highest BCUT2D eigenvalue weighted by Gasteiger charge is 2.38. The van der Waals surface area contributed by atoms with E-state index < -0.39 is 0 Å². The van der Waals surface area contributed by atoms with E-state index in [0.29, 0.717) is 23.8 Å². The smallest absolute Gasteiger partial charge is 0.243 e. The summed E-state index contributed by atoms with van der Waals surface area (Å²) >= 11 is 0. The molecule has 1 saturated heterocycles. The highest BCUT2D eigenvalue weighted by Crippen LogP contribution is 2.40. The molecular weight excluding hydrogens is 254 g/mol. The summed E-state index contributed by atoms with van der Waals surface area (Å²) in [6.45, 7) is 6.39. The molecule has 2 heterocycles. The fourth-order valence-electron chi connectivity index (χ4n) is 2.74. The van der Waals surface area contributed by atoms with Gasteiger partial charge >= 0.3 is 0 Å². The number of nitrogen functional groups attached to an aromatic ring is 1. The molecule has 110 valence electrons. The summed E-state index contributed by atoms with van der Waals surface area (Å²) in [5, 5.41) is 3.43. The van der Waals surface area contributed by atoms with Crippen molar-refractivity contribution in [2.24, 2.45) is 11.8 Å². The fraction of sp³-hybridized carbons (Fsp3) is 0.769. The van der Waals surface area contributed by atoms with Gasteiger partial charge in [0.2, 0.25) is 17.8 Å². The van der Waals surface area contributed by atoms with Crippen LogP contribution in [0.2, 0.25) is 0 Å². The van der Waals surface area contributed by atoms with E-state index in [0.717, 1.165) is 13.1 Å². The van der Waals surface area contributed by atoms with Crippen molar-refractivity contribution in [1.82, 2.24) is 15.0 Å². The molecule has 7 heteroatoms. The Morgan fingerprint density at radius 1 is 1.10 bits per heavy atom. The van der Waals surface area contributed by atoms with Crippen LogP contribution in [-0.4, -0.2) is 33.6 Å². The lowest BCUT2D eigenvalue weighted by Gasteiger charge is -2.27. The van der Waals surface area contributed by atoms with E-state index in [2.05, 4.69) is 44.4 Å². The van der Waals surface area contributed by atoms with Gasteiger partial charge in [0.1, 0.15) is 0 Å². The van der Waals surface area contributed by atoms with Crippen molar-refractivity contribution >= 4 is 17.8 Å². The molecule has 1 aliphatic carbocycles. The molecule has 20 heavy (non-hydrogen) atoms. The molecular formula is C13H23N7. The maximum absolute atomic E-state index is 5.47. The van der Waals surface area contributed by atoms with Gasteiger partial charge in [-0.05, 0) is 45.4 Å². The van der Waals surface area contributed by atoms with Crippen LogP contribution in [-0.2, 0) is 0 Å². The van der Waals surface area contributed by atoms with Crippen LogP contribution in [0.1, 0.15) is 39.5 Å². The molecule has 0 spiro atoms. The highest BCUT2D eigenvalue weighted by molar-refractivity contribution is 5.45. The third-order valence-corrected chi connectivity index (χ3v) is 4.17. The van der Waals surface area contributed by atoms with Crippen LogP contribution in [0.25, 0.3) is 0 Å². The van der Waals surface area contributed by atoms with Crippen LogP contribution < -0.4 is 21.5 Å². The summed E-state index contributed by atoms with van der Waals surface area (Å²) in [5.74, 6) is 7.90. The Bertz CT molecular complexity index is 478. The Labute approximate surface area is 119 Å². The molecule has 7 nitrogen and oxygen atoms in total. The normalized spacial score (nSPS) is 19.2. The van der Waals surface area contributed by atoms with E-state index in [1.807, 2.05) is 0 Å². The van der Waals surface area contributed by atoms with Gasteiger partial charge in [-0.15, -0.1) is 0 Å². The topological polar surface area (TPSA) is 92.0 Å². The molecule has 1 saturated carbocycles. The predicted molar refractivity (Wildman–Crippen MR) is 79.5 cm³/mol. The van der Waals surface area contributed by atoms with E-state index in [1.54, 1.807) is 0 Å². The van der Waals surface area contributed by atoms with Gasteiger partial charge in [-0.25, -0.2) is 5.84 Å². The number of rotatable bonds is 5. The number of aromatic nitrogens is 3. The Kier molecular flexibility index (Phi) is 3.37. The zero-order valence-electron chi connectivity index (χ0n) is 12.2. The second-order valence-electron chi connectivity index (χ2n) is 6.24. The van der Waals surface area contributed by atoms with Crippen LogP contribution in [0.4, 0.5) is 17.8 Å². The Morgan fingerprint density at radius 3 is 2.35 bits per heavy atom. The summed E-state index contributed by atoms with van der Waals surface area (Å²) < 4.78 is 0. The van der Waals surface area contributed by atoms with E-state index in [4.69, 9.17) is 5.84 Å². The predicted octanol–water partition coefficient (Wildman–Crippen LogP) is 1.36. The minimum Gasteiger partial charge on any atom is -0.349 e. The Balaban J connectivity index is 1.83. The zero-order chi connectivity index (χ0) is 14.2. The molecule has 0 radical (unpaired) electrons. The van der Waals surface area contributed by atoms with Crippen LogP contribution in [0.5, 0.6) is 0 Å². The summed E-state index contributed by atoms with van der Waals surface area (Å²) in [6, 6.07) is 0. The first-order valence-electron chi connectivity index (χ1n) is 7.34. The largest absolute Gasteiger partial charge is 0.349 e. The van der Waals surface area contributed by atoms with Gasteiger partial charge in [-0.1, -0.05) is 0 Å². The van der Waals surface area contributed by atoms with Gasteiger partial charge in [0, 0.05) is 18.6 Å². The SMILES string of the molecule is CC(C)(Nc1nc(NN)nc(N2CCCC2)n1)C1CC1. The van der Waals surface area contributed by atoms with Gasteiger partial charge in [0.15, 0.2) is 0 Å². The van der Waals surface area contributed by atoms with Crippen molar-refractivity contribution in [3.05, 3.63) is 0 Å². The molecule has 0 aromatic carbocycles. The standard InChI is InChI=1S/C13H23N7/c1-13(2,9-5-6-9)18-10-15-11(19-14)17-12(16-10)20-7-3-4-8-20/h9H,3-8,14H2,1-2H3,(H2,15,16,17,18,19). The molecule has 0 atom stereocenters. The lowest BCUT2D eigenvalue weighted by molar-refractivity contribution is 0.490. The van der Waals surface area contributed by atoms with Crippen LogP contribution in [0.15, 0.2) is 0 Å². The monoisotopic (exact) mass is 277 g/mol. The molecule has 3 rings (SSSR count). The van der Waals surface area contributed by atoms with Crippen molar-refractivity contribution in [2.75, 3.05) is 28.7 Å². The van der Waals surface area contributed by atoms with Crippen LogP contribution >= 0.6 is 0 Å². The summed E-state index contributed by atoms with van der Waals surface area (Å²) in [6.07, 6.45) is 4.92. The van der Waals surface area contributed by atoms with Crippen molar-refractivity contribution in [3.8, 4) is 0 Å². The third-order valence-electron chi connectivity index (χ3n) is 4.17. The van der Waals surface area contributed by atoms with E-state index in [-0.39, 0.29) is 5.54 Å². The first-order chi connectivity index (χ1) is 9.58. The number of hydrogen-bond acceptors (Lipinski definition) is 7. The van der Waals surface area contributed by atoms with Crippen molar-refractivity contribution in [1.29, 1.82) is 0 Å². The molecule has 2 aliphatic rings. The number of nitrogens with two attached hydrogens (primary N) is 1. The zero-order valence-corrected chi connectivity index (χ0v) is 12.2. The molecule has 0 amide bonds. The average Bonchev–Trinajstić information content (AvgIpc) is 3.15. The van der Waals surface area contributed by atoms with Crippen molar-refractivity contribution in [2.45, 2.75) is 45.1 Å². The first kappa shape index (κ1) is 13.4. The minimum absolute atomic E-state index is 0.00943. The Morgan fingerprint density at radius 2 is 1.75 bits per heavy atom. The molecule has 0 unspecified atom stereocenters. The van der Waals surface area contributed by atoms with Crippen molar-refractivity contribution < 1.29 is 0 Å². The summed E-state index contributed by atoms with van der Waals surface area (Å²) in [7, 11) is 0. The highest BCUT2D eigenvalue weighted by atomic mass is 15.4. The number of anilines is 3. The second kappa shape index (κ2) is 5.05. The van der Waals surface area contributed by atoms with Gasteiger partial charge in [-0.2, -0.15) is 15.0 Å². The summed E-state index contributed by atoms with van der Waals surface area (Å²) in [5.41, 5.74) is 2.54. The number of nitrogens with zero attached hydrogens (tertiary/aromatic N) is 4. The Hall–Kier alpha value is -1.63. The lowest BCUT2D eigenvalue weighted by atomic mass is 9.99. The molecule has 2 fully saturated rings. The fourth-order valence-corrected chi connectivity index (χ4v) is 2.74. The third kappa shape index (κ3) is 2.77. The van der Waals surface area contributed by atoms with Gasteiger partial charge < -0.3 is 10.2 Å². The molecule has 0 bridgehead atoms. The minimum atomic E-state index is 0.00943. The first-order valence-corrected chi connectivity index (χ1v) is 7.34. The average molecular weight is 277 g/mol. The number of hydrogen-bond donors (Lipinski definition) is 3. The number of hydrazine groups is 1. The number of nitrogens with one attached hydrogen (secondary N) is 2. The molecule has 1 aromatic rings. The quantitative estimate of drug-likeness (QED) is 0.553. The molecule has 1 aliphatic heterocycles. The second-order valence-corrected chi connectivity index (χ2v) is 6.24. The molecule has 1 aromatic heterocycles. The van der Waals surface area contributed by atoms with E-state index in [1.165, 1.54) is 25.7 Å². The lowest BCUT2D eigenvalue weighted by Crippen LogP contribution is -2.35. The van der Waals surface area contributed by atoms with Crippen molar-refractivity contribution in [3.63, 3.8) is 0 Å². The summed E-state index contributed by atoms with van der Waals surface area (Å²) in [4.78, 5) is 15.4. The van der Waals surface area contributed by atoms with Gasteiger partial charge in [0.25, 0.3) is 0 Å². The maximum atomic E-state index is 5.47. The van der Waals surface area contributed by atoms with Gasteiger partial charge in [0.05, 0.1) is 0 Å². The van der Waals surface area contributed by atoms with E-state index >= 15 is 0 Å². The molecule has 4 N–H and O–H groups in total. The van der Waals surface area contributed by atoms with Gasteiger partial charge in [-0.3, -0.25) is 5.43 Å².